The summed E-state index contributed by atoms with van der Waals surface area (Å²) in [6.45, 7) is 1.81. The molecule has 21 heavy (non-hydrogen) atoms. The summed E-state index contributed by atoms with van der Waals surface area (Å²) in [5.74, 6) is 1.30. The highest BCUT2D eigenvalue weighted by molar-refractivity contribution is 6.07. The van der Waals surface area contributed by atoms with Gasteiger partial charge in [0, 0.05) is 18.8 Å². The van der Waals surface area contributed by atoms with Crippen LogP contribution in [0.4, 0.5) is 0 Å². The third-order valence-electron chi connectivity index (χ3n) is 3.13. The molecule has 0 aliphatic heterocycles. The molecule has 0 amide bonds. The maximum Gasteiger partial charge on any atom is 0.189 e. The lowest BCUT2D eigenvalue weighted by molar-refractivity contribution is 0.104. The summed E-state index contributed by atoms with van der Waals surface area (Å²) >= 11 is 0. The van der Waals surface area contributed by atoms with E-state index in [2.05, 4.69) is 5.10 Å². The Hall–Kier alpha value is -2.56. The molecule has 0 radical (unpaired) electrons. The van der Waals surface area contributed by atoms with Gasteiger partial charge in [-0.05, 0) is 37.3 Å². The van der Waals surface area contributed by atoms with Gasteiger partial charge in [-0.1, -0.05) is 0 Å². The highest BCUT2D eigenvalue weighted by Gasteiger charge is 2.10. The summed E-state index contributed by atoms with van der Waals surface area (Å²) in [7, 11) is 4.98. The van der Waals surface area contributed by atoms with Crippen molar-refractivity contribution in [3.8, 4) is 11.5 Å². The molecule has 1 aromatic heterocycles. The Bertz CT molecular complexity index is 687. The molecule has 2 aromatic rings. The van der Waals surface area contributed by atoms with Crippen LogP contribution in [0.5, 0.6) is 11.5 Å². The lowest BCUT2D eigenvalue weighted by Crippen LogP contribution is -1.95. The van der Waals surface area contributed by atoms with Crippen LogP contribution in [0.15, 0.2) is 30.5 Å². The second kappa shape index (κ2) is 6.26. The maximum atomic E-state index is 12.2. The molecule has 0 atom stereocenters. The summed E-state index contributed by atoms with van der Waals surface area (Å²) in [6, 6.07) is 5.43. The van der Waals surface area contributed by atoms with E-state index in [1.54, 1.807) is 44.3 Å². The number of allylic oxidation sites excluding steroid dienone is 1. The van der Waals surface area contributed by atoms with Crippen molar-refractivity contribution in [2.45, 2.75) is 6.92 Å². The number of hydrogen-bond acceptors (Lipinski definition) is 4. The van der Waals surface area contributed by atoms with Gasteiger partial charge in [-0.25, -0.2) is 0 Å². The first kappa shape index (κ1) is 14.8. The van der Waals surface area contributed by atoms with Crippen LogP contribution in [0.1, 0.15) is 21.6 Å². The molecular weight excluding hydrogens is 268 g/mol. The van der Waals surface area contributed by atoms with Crippen molar-refractivity contribution in [2.24, 2.45) is 7.05 Å². The van der Waals surface area contributed by atoms with Gasteiger partial charge in [0.25, 0.3) is 0 Å². The van der Waals surface area contributed by atoms with Crippen LogP contribution in [-0.2, 0) is 7.05 Å². The Labute approximate surface area is 123 Å². The van der Waals surface area contributed by atoms with Gasteiger partial charge in [-0.15, -0.1) is 0 Å². The van der Waals surface area contributed by atoms with Crippen LogP contribution in [0.3, 0.4) is 0 Å². The number of nitrogens with zero attached hydrogens (tertiary/aromatic N) is 2. The number of rotatable bonds is 5. The molecule has 0 saturated carbocycles. The lowest BCUT2D eigenvalue weighted by atomic mass is 10.1. The minimum atomic E-state index is -0.0922. The Morgan fingerprint density at radius 1 is 1.29 bits per heavy atom. The summed E-state index contributed by atoms with van der Waals surface area (Å²) in [5.41, 5.74) is 2.09. The van der Waals surface area contributed by atoms with Crippen LogP contribution in [-0.4, -0.2) is 29.8 Å². The van der Waals surface area contributed by atoms with E-state index >= 15 is 0 Å². The fraction of sp³-hybridized carbons (Fsp3) is 0.250. The highest BCUT2D eigenvalue weighted by atomic mass is 16.5. The maximum absolute atomic E-state index is 12.2. The molecule has 2 rings (SSSR count). The number of aromatic nitrogens is 2. The number of carbonyl (C=O) groups excluding carboxylic acids is 1. The minimum absolute atomic E-state index is 0.0922. The number of aryl methyl sites for hydroxylation is 2. The largest absolute Gasteiger partial charge is 0.497 e. The number of carbonyl (C=O) groups is 1. The van der Waals surface area contributed by atoms with Crippen LogP contribution in [0, 0.1) is 6.92 Å². The van der Waals surface area contributed by atoms with E-state index in [0.717, 1.165) is 5.56 Å². The fourth-order valence-electron chi connectivity index (χ4n) is 2.07. The van der Waals surface area contributed by atoms with Crippen molar-refractivity contribution >= 4 is 11.9 Å². The van der Waals surface area contributed by atoms with Gasteiger partial charge in [0.05, 0.1) is 25.5 Å². The fourth-order valence-corrected chi connectivity index (χ4v) is 2.07. The summed E-state index contributed by atoms with van der Waals surface area (Å²) < 4.78 is 12.1. The smallest absolute Gasteiger partial charge is 0.189 e. The van der Waals surface area contributed by atoms with Gasteiger partial charge in [0.15, 0.2) is 5.78 Å². The minimum Gasteiger partial charge on any atom is -0.497 e. The van der Waals surface area contributed by atoms with Crippen molar-refractivity contribution in [3.05, 3.63) is 47.3 Å². The second-order valence-corrected chi connectivity index (χ2v) is 4.61. The zero-order chi connectivity index (χ0) is 15.4. The van der Waals surface area contributed by atoms with E-state index in [1.165, 1.54) is 6.08 Å². The highest BCUT2D eigenvalue weighted by Crippen LogP contribution is 2.25. The molecule has 5 heteroatoms. The Balaban J connectivity index is 2.28. The summed E-state index contributed by atoms with van der Waals surface area (Å²) in [6.07, 6.45) is 4.95. The number of hydrogen-bond donors (Lipinski definition) is 0. The van der Waals surface area contributed by atoms with Gasteiger partial charge in [0.1, 0.15) is 11.5 Å². The molecular formula is C16H18N2O3. The quantitative estimate of drug-likeness (QED) is 0.626. The Morgan fingerprint density at radius 2 is 2.05 bits per heavy atom. The summed E-state index contributed by atoms with van der Waals surface area (Å²) in [4.78, 5) is 12.2. The van der Waals surface area contributed by atoms with Crippen molar-refractivity contribution < 1.29 is 14.3 Å². The molecule has 0 N–H and O–H groups in total. The Kier molecular flexibility index (Phi) is 4.42. The standard InChI is InChI=1S/C16H18N2O3/c1-11-14(10-18(2)17-11)15(19)7-5-12-9-13(20-3)6-8-16(12)21-4/h5-10H,1-4H3/b7-5+. The van der Waals surface area contributed by atoms with E-state index in [9.17, 15) is 4.79 Å². The molecule has 0 bridgehead atoms. The molecule has 0 aliphatic carbocycles. The second-order valence-electron chi connectivity index (χ2n) is 4.61. The van der Waals surface area contributed by atoms with Crippen molar-refractivity contribution in [3.63, 3.8) is 0 Å². The topological polar surface area (TPSA) is 53.4 Å². The van der Waals surface area contributed by atoms with E-state index in [-0.39, 0.29) is 5.78 Å². The first-order valence-corrected chi connectivity index (χ1v) is 6.50. The van der Waals surface area contributed by atoms with E-state index < -0.39 is 0 Å². The molecule has 1 heterocycles. The zero-order valence-electron chi connectivity index (χ0n) is 12.6. The molecule has 0 fully saturated rings. The predicted molar refractivity (Wildman–Crippen MR) is 80.9 cm³/mol. The molecule has 0 unspecified atom stereocenters. The van der Waals surface area contributed by atoms with Crippen LogP contribution >= 0.6 is 0 Å². The molecule has 0 aliphatic rings. The monoisotopic (exact) mass is 286 g/mol. The normalized spacial score (nSPS) is 10.9. The van der Waals surface area contributed by atoms with Crippen molar-refractivity contribution in [1.82, 2.24) is 9.78 Å². The molecule has 0 spiro atoms. The van der Waals surface area contributed by atoms with Gasteiger partial charge in [0.2, 0.25) is 0 Å². The van der Waals surface area contributed by atoms with Gasteiger partial charge < -0.3 is 9.47 Å². The van der Waals surface area contributed by atoms with Crippen LogP contribution in [0.2, 0.25) is 0 Å². The molecule has 110 valence electrons. The summed E-state index contributed by atoms with van der Waals surface area (Å²) in [5, 5.41) is 4.17. The van der Waals surface area contributed by atoms with Crippen LogP contribution < -0.4 is 9.47 Å². The van der Waals surface area contributed by atoms with E-state index in [1.807, 2.05) is 19.1 Å². The van der Waals surface area contributed by atoms with Gasteiger partial charge in [-0.3, -0.25) is 9.48 Å². The lowest BCUT2D eigenvalue weighted by Gasteiger charge is -2.06. The predicted octanol–water partition coefficient (Wildman–Crippen LogP) is 2.64. The third kappa shape index (κ3) is 3.31. The number of ether oxygens (including phenoxy) is 2. The number of ketones is 1. The number of benzene rings is 1. The third-order valence-corrected chi connectivity index (χ3v) is 3.13. The van der Waals surface area contributed by atoms with E-state index in [4.69, 9.17) is 9.47 Å². The van der Waals surface area contributed by atoms with Crippen LogP contribution in [0.25, 0.3) is 6.08 Å². The van der Waals surface area contributed by atoms with Crippen molar-refractivity contribution in [2.75, 3.05) is 14.2 Å². The average Bonchev–Trinajstić information content (AvgIpc) is 2.83. The average molecular weight is 286 g/mol. The Morgan fingerprint density at radius 3 is 2.62 bits per heavy atom. The molecule has 0 saturated heterocycles. The van der Waals surface area contributed by atoms with Gasteiger partial charge >= 0.3 is 0 Å². The van der Waals surface area contributed by atoms with Gasteiger partial charge in [-0.2, -0.15) is 5.10 Å². The first-order chi connectivity index (χ1) is 10.0. The molecule has 1 aromatic carbocycles. The zero-order valence-corrected chi connectivity index (χ0v) is 12.6. The SMILES string of the molecule is COc1ccc(OC)c(/C=C/C(=O)c2cn(C)nc2C)c1. The molecule has 5 nitrogen and oxygen atoms in total. The van der Waals surface area contributed by atoms with Crippen molar-refractivity contribution in [1.29, 1.82) is 0 Å². The first-order valence-electron chi connectivity index (χ1n) is 6.50. The van der Waals surface area contributed by atoms with E-state index in [0.29, 0.717) is 22.8 Å². The number of methoxy groups -OCH3 is 2.